The molecule has 0 bridgehead atoms. The van der Waals surface area contributed by atoms with Gasteiger partial charge in [-0.15, -0.1) is 13.2 Å². The Morgan fingerprint density at radius 3 is 1.86 bits per heavy atom. The van der Waals surface area contributed by atoms with E-state index >= 15 is 0 Å². The molecule has 1 N–H and O–H groups in total. The molecule has 1 nitrogen and oxygen atoms in total. The van der Waals surface area contributed by atoms with E-state index in [2.05, 4.69) is 17.8 Å². The van der Waals surface area contributed by atoms with Crippen LogP contribution in [-0.2, 0) is 0 Å². The van der Waals surface area contributed by atoms with Crippen LogP contribution in [0.2, 0.25) is 0 Å². The monoisotopic (exact) mass is 129 g/mol. The molecule has 0 fully saturated rings. The van der Waals surface area contributed by atoms with E-state index in [0.29, 0.717) is 0 Å². The summed E-state index contributed by atoms with van der Waals surface area (Å²) in [6, 6.07) is 0. The van der Waals surface area contributed by atoms with Crippen LogP contribution in [0.1, 0.15) is 0 Å². The number of hydrogen-bond acceptors (Lipinski definition) is 1. The van der Waals surface area contributed by atoms with Crippen LogP contribution in [-0.4, -0.2) is 19.4 Å². The molecule has 0 aliphatic heterocycles. The Morgan fingerprint density at radius 2 is 1.57 bits per heavy atom. The van der Waals surface area contributed by atoms with Crippen LogP contribution in [0.3, 0.4) is 0 Å². The topological polar surface area (TPSA) is 12.0 Å². The highest BCUT2D eigenvalue weighted by Gasteiger charge is 1.72. The molecular formula is C4H11NSi2. The zero-order chi connectivity index (χ0) is 5.54. The first kappa shape index (κ1) is 6.87. The fraction of sp³-hybridized carbons (Fsp3) is 0. The van der Waals surface area contributed by atoms with E-state index in [1.165, 1.54) is 0 Å². The lowest BCUT2D eigenvalue weighted by Crippen LogP contribution is -2.19. The average molecular weight is 129 g/mol. The van der Waals surface area contributed by atoms with E-state index in [1.807, 2.05) is 11.4 Å². The molecule has 0 saturated heterocycles. The minimum atomic E-state index is -0.0849. The summed E-state index contributed by atoms with van der Waals surface area (Å²) in [5.41, 5.74) is 3.99. The summed E-state index contributed by atoms with van der Waals surface area (Å²) in [6.07, 6.45) is 0. The van der Waals surface area contributed by atoms with Crippen LogP contribution in [0.25, 0.3) is 0 Å². The maximum atomic E-state index is 3.62. The molecule has 0 saturated carbocycles. The summed E-state index contributed by atoms with van der Waals surface area (Å²) in [4.78, 5) is 0. The third-order valence-corrected chi connectivity index (χ3v) is 3.46. The van der Waals surface area contributed by atoms with Gasteiger partial charge in [-0.1, -0.05) is 11.4 Å². The first-order chi connectivity index (χ1) is 3.41. The van der Waals surface area contributed by atoms with E-state index in [-0.39, 0.29) is 19.4 Å². The Morgan fingerprint density at radius 1 is 1.14 bits per heavy atom. The molecule has 0 spiro atoms. The second kappa shape index (κ2) is 5.87. The number of nitrogens with one attached hydrogen (secondary N) is 1. The van der Waals surface area contributed by atoms with E-state index in [9.17, 15) is 0 Å². The van der Waals surface area contributed by atoms with E-state index < -0.39 is 0 Å². The molecule has 0 radical (unpaired) electrons. The summed E-state index contributed by atoms with van der Waals surface area (Å²) >= 11 is 0. The Hall–Kier alpha value is -0.126. The smallest absolute Gasteiger partial charge is 0.109 e. The van der Waals surface area contributed by atoms with Crippen molar-refractivity contribution < 1.29 is 0 Å². The molecule has 7 heavy (non-hydrogen) atoms. The van der Waals surface area contributed by atoms with Gasteiger partial charge in [0.25, 0.3) is 0 Å². The molecule has 0 aromatic rings. The predicted octanol–water partition coefficient (Wildman–Crippen LogP) is -0.969. The predicted molar refractivity (Wildman–Crippen MR) is 40.6 cm³/mol. The molecule has 0 aromatic heterocycles. The number of rotatable bonds is 4. The highest BCUT2D eigenvalue weighted by atomic mass is 28.3. The van der Waals surface area contributed by atoms with Crippen LogP contribution in [0, 0.1) is 0 Å². The maximum absolute atomic E-state index is 3.62. The van der Waals surface area contributed by atoms with Gasteiger partial charge in [0.05, 0.1) is 0 Å². The van der Waals surface area contributed by atoms with Gasteiger partial charge < -0.3 is 4.65 Å². The van der Waals surface area contributed by atoms with Gasteiger partial charge in [-0.3, -0.25) is 0 Å². The average Bonchev–Trinajstić information content (AvgIpc) is 1.69. The van der Waals surface area contributed by atoms with Crippen molar-refractivity contribution in [1.29, 1.82) is 0 Å². The molecule has 0 unspecified atom stereocenters. The summed E-state index contributed by atoms with van der Waals surface area (Å²) in [6.45, 7) is 7.24. The molecule has 0 heterocycles. The fourth-order valence-electron chi connectivity index (χ4n) is 0.287. The zero-order valence-corrected chi connectivity index (χ0v) is 7.31. The molecule has 0 aliphatic rings. The summed E-state index contributed by atoms with van der Waals surface area (Å²) in [5, 5.41) is 0. The van der Waals surface area contributed by atoms with Crippen LogP contribution < -0.4 is 4.65 Å². The second-order valence-electron chi connectivity index (χ2n) is 1.24. The van der Waals surface area contributed by atoms with Gasteiger partial charge in [0, 0.05) is 0 Å². The highest BCUT2D eigenvalue weighted by molar-refractivity contribution is 6.56. The first-order valence-electron chi connectivity index (χ1n) is 2.34. The summed E-state index contributed by atoms with van der Waals surface area (Å²) in [7, 11) is -0.170. The normalized spacial score (nSPS) is 11.4. The largest absolute Gasteiger partial charge is 0.363 e. The first-order valence-corrected chi connectivity index (χ1v) is 5.39. The molecule has 0 aromatic carbocycles. The van der Waals surface area contributed by atoms with Gasteiger partial charge in [0.15, 0.2) is 0 Å². The Balaban J connectivity index is 2.68. The Labute approximate surface area is 49.3 Å². The van der Waals surface area contributed by atoms with Crippen LogP contribution in [0.15, 0.2) is 24.6 Å². The van der Waals surface area contributed by atoms with Crippen LogP contribution in [0.5, 0.6) is 0 Å². The van der Waals surface area contributed by atoms with E-state index in [1.54, 1.807) is 0 Å². The third kappa shape index (κ3) is 5.87. The minimum Gasteiger partial charge on any atom is -0.363 e. The van der Waals surface area contributed by atoms with Gasteiger partial charge >= 0.3 is 0 Å². The van der Waals surface area contributed by atoms with Crippen molar-refractivity contribution in [2.24, 2.45) is 0 Å². The van der Waals surface area contributed by atoms with Crippen molar-refractivity contribution >= 4 is 19.4 Å². The quantitative estimate of drug-likeness (QED) is 0.380. The molecule has 0 atom stereocenters. The summed E-state index contributed by atoms with van der Waals surface area (Å²) in [5.74, 6) is 0. The number of hydrogen-bond donors (Lipinski definition) is 1. The minimum absolute atomic E-state index is 0.0849. The standard InChI is InChI=1S/C4H11NSi2/c1-3-6-5-7-4-2/h3-5H,1-2,6-7H2. The van der Waals surface area contributed by atoms with Crippen LogP contribution >= 0.6 is 0 Å². The van der Waals surface area contributed by atoms with Crippen molar-refractivity contribution in [1.82, 2.24) is 4.65 Å². The lowest BCUT2D eigenvalue weighted by atomic mass is 11.3. The van der Waals surface area contributed by atoms with Crippen LogP contribution in [0.4, 0.5) is 0 Å². The zero-order valence-electron chi connectivity index (χ0n) is 4.48. The lowest BCUT2D eigenvalue weighted by molar-refractivity contribution is 1.61. The molecule has 0 amide bonds. The Bertz CT molecular complexity index is 54.7. The van der Waals surface area contributed by atoms with Crippen molar-refractivity contribution in [3.63, 3.8) is 0 Å². The molecule has 0 aliphatic carbocycles. The van der Waals surface area contributed by atoms with Crippen molar-refractivity contribution in [3.05, 3.63) is 24.6 Å². The van der Waals surface area contributed by atoms with Gasteiger partial charge in [-0.2, -0.15) is 0 Å². The molecule has 40 valence electrons. The SMILES string of the molecule is C=C[SiH2]N[SiH2]C=C. The van der Waals surface area contributed by atoms with Crippen molar-refractivity contribution in [2.45, 2.75) is 0 Å². The lowest BCUT2D eigenvalue weighted by Gasteiger charge is -1.88. The van der Waals surface area contributed by atoms with Crippen molar-refractivity contribution in [3.8, 4) is 0 Å². The molecule has 3 heteroatoms. The van der Waals surface area contributed by atoms with Gasteiger partial charge in [-0.25, -0.2) is 0 Å². The highest BCUT2D eigenvalue weighted by Crippen LogP contribution is 1.52. The van der Waals surface area contributed by atoms with Crippen molar-refractivity contribution in [2.75, 3.05) is 0 Å². The van der Waals surface area contributed by atoms with Gasteiger partial charge in [0.2, 0.25) is 0 Å². The Kier molecular flexibility index (Phi) is 5.77. The van der Waals surface area contributed by atoms with Gasteiger partial charge in [0.1, 0.15) is 19.4 Å². The van der Waals surface area contributed by atoms with Gasteiger partial charge in [-0.05, 0) is 0 Å². The molecule has 0 rings (SSSR count). The fourth-order valence-corrected chi connectivity index (χ4v) is 2.59. The third-order valence-electron chi connectivity index (χ3n) is 0.577. The molecular weight excluding hydrogens is 118 g/mol. The maximum Gasteiger partial charge on any atom is 0.109 e. The van der Waals surface area contributed by atoms with E-state index in [4.69, 9.17) is 0 Å². The second-order valence-corrected chi connectivity index (χ2v) is 5.21. The summed E-state index contributed by atoms with van der Waals surface area (Å²) < 4.78 is 3.33. The van der Waals surface area contributed by atoms with E-state index in [0.717, 1.165) is 0 Å².